The Hall–Kier alpha value is -7.17. The second kappa shape index (κ2) is 15.6. The van der Waals surface area contributed by atoms with Crippen LogP contribution in [0.15, 0.2) is 186 Å². The van der Waals surface area contributed by atoms with E-state index >= 15 is 0 Å². The van der Waals surface area contributed by atoms with Gasteiger partial charge >= 0.3 is 0 Å². The number of hydrogen-bond acceptors (Lipinski definition) is 4. The Morgan fingerprint density at radius 3 is 1.56 bits per heavy atom. The minimum atomic E-state index is 0.266. The van der Waals surface area contributed by atoms with Crippen LogP contribution in [0.2, 0.25) is 0 Å². The van der Waals surface area contributed by atoms with Crippen LogP contribution in [-0.2, 0) is 5.41 Å². The first kappa shape index (κ1) is 38.5. The van der Waals surface area contributed by atoms with Gasteiger partial charge in [0.05, 0.1) is 0 Å². The Labute approximate surface area is 374 Å². The van der Waals surface area contributed by atoms with E-state index in [4.69, 9.17) is 19.4 Å². The molecule has 0 aliphatic heterocycles. The standard InChI is InChI=1S/C60H49N3O/c1-38-32-40-33-39(2)36-60(35-38,37-40)46-29-26-44(27-30-46)58-61-57(62-59(63-58)53-20-11-13-42-12-3-4-14-47(42)53)43-24-22-41(23-25-43)45-28-31-56-54(34-45)51-18-8-6-16-49(51)48-15-5-7-17-50(48)52-19-9-10-21-55(52)64-56/h3-31,34,38-40H,32-33,35-37H2,1-2H3/t38-,39?,40-,60?/m1/s1. The van der Waals surface area contributed by atoms with Gasteiger partial charge in [-0.2, -0.15) is 0 Å². The number of benzene rings is 8. The fraction of sp³-hybridized carbons (Fsp3) is 0.183. The molecule has 0 spiro atoms. The number of aromatic nitrogens is 3. The van der Waals surface area contributed by atoms with E-state index < -0.39 is 0 Å². The zero-order chi connectivity index (χ0) is 42.8. The van der Waals surface area contributed by atoms with Crippen LogP contribution < -0.4 is 0 Å². The van der Waals surface area contributed by atoms with Crippen molar-refractivity contribution in [3.63, 3.8) is 0 Å². The zero-order valence-electron chi connectivity index (χ0n) is 36.3. The fourth-order valence-corrected chi connectivity index (χ4v) is 11.8. The molecule has 0 N–H and O–H groups in total. The van der Waals surface area contributed by atoms with Crippen LogP contribution in [0.4, 0.5) is 0 Å². The van der Waals surface area contributed by atoms with Crippen molar-refractivity contribution in [2.24, 2.45) is 17.8 Å². The molecule has 2 aliphatic carbocycles. The summed E-state index contributed by atoms with van der Waals surface area (Å²) in [5, 5.41) is 9.05. The second-order valence-corrected chi connectivity index (χ2v) is 18.8. The van der Waals surface area contributed by atoms with Crippen LogP contribution >= 0.6 is 0 Å². The van der Waals surface area contributed by atoms with Crippen LogP contribution in [-0.4, -0.2) is 15.0 Å². The normalized spacial score (nSPS) is 19.6. The van der Waals surface area contributed by atoms with Gasteiger partial charge in [0.25, 0.3) is 0 Å². The molecule has 8 aromatic carbocycles. The highest BCUT2D eigenvalue weighted by Crippen LogP contribution is 2.54. The van der Waals surface area contributed by atoms with Crippen molar-refractivity contribution in [1.29, 1.82) is 0 Å². The van der Waals surface area contributed by atoms with E-state index in [1.165, 1.54) is 48.4 Å². The molecule has 2 aliphatic rings. The van der Waals surface area contributed by atoms with Gasteiger partial charge < -0.3 is 4.42 Å². The molecule has 4 nitrogen and oxygen atoms in total. The Morgan fingerprint density at radius 2 is 0.891 bits per heavy atom. The van der Waals surface area contributed by atoms with Crippen molar-refractivity contribution < 1.29 is 4.42 Å². The van der Waals surface area contributed by atoms with E-state index in [-0.39, 0.29) is 5.41 Å². The number of fused-ring (bicyclic) bond motifs is 10. The molecule has 4 heteroatoms. The third kappa shape index (κ3) is 6.80. The van der Waals surface area contributed by atoms with E-state index in [9.17, 15) is 0 Å². The van der Waals surface area contributed by atoms with Crippen LogP contribution in [0.25, 0.3) is 99.5 Å². The Balaban J connectivity index is 0.969. The maximum atomic E-state index is 6.81. The van der Waals surface area contributed by atoms with Gasteiger partial charge in [0.1, 0.15) is 11.2 Å². The van der Waals surface area contributed by atoms with Gasteiger partial charge in [-0.3, -0.25) is 0 Å². The van der Waals surface area contributed by atoms with E-state index in [0.717, 1.165) is 89.1 Å². The average Bonchev–Trinajstić information content (AvgIpc) is 3.38. The first-order chi connectivity index (χ1) is 31.4. The predicted molar refractivity (Wildman–Crippen MR) is 266 cm³/mol. The molecule has 2 saturated carbocycles. The summed E-state index contributed by atoms with van der Waals surface area (Å²) in [4.78, 5) is 15.6. The van der Waals surface area contributed by atoms with Gasteiger partial charge in [0, 0.05) is 27.5 Å². The molecule has 0 saturated heterocycles. The topological polar surface area (TPSA) is 51.8 Å². The quantitative estimate of drug-likeness (QED) is 0.173. The lowest BCUT2D eigenvalue weighted by Crippen LogP contribution is -2.42. The number of rotatable bonds is 5. The third-order valence-corrected chi connectivity index (χ3v) is 14.3. The average molecular weight is 828 g/mol. The highest BCUT2D eigenvalue weighted by molar-refractivity contribution is 6.18. The molecule has 10 aromatic rings. The predicted octanol–water partition coefficient (Wildman–Crippen LogP) is 16.1. The van der Waals surface area contributed by atoms with Gasteiger partial charge in [-0.15, -0.1) is 0 Å². The van der Waals surface area contributed by atoms with E-state index in [2.05, 4.69) is 190 Å². The number of para-hydroxylation sites is 1. The first-order valence-corrected chi connectivity index (χ1v) is 23.0. The number of nitrogens with zero attached hydrogens (tertiary/aromatic N) is 3. The molecule has 2 heterocycles. The first-order valence-electron chi connectivity index (χ1n) is 23.0. The molecule has 2 bridgehead atoms. The molecule has 2 fully saturated rings. The summed E-state index contributed by atoms with van der Waals surface area (Å²) >= 11 is 0. The molecule has 12 rings (SSSR count). The van der Waals surface area contributed by atoms with Crippen LogP contribution in [0.5, 0.6) is 0 Å². The lowest BCUT2D eigenvalue weighted by molar-refractivity contribution is 0.0780. The minimum absolute atomic E-state index is 0.266. The highest BCUT2D eigenvalue weighted by atomic mass is 16.3. The van der Waals surface area contributed by atoms with Gasteiger partial charge in [-0.05, 0) is 122 Å². The second-order valence-electron chi connectivity index (χ2n) is 18.8. The molecular formula is C60H49N3O. The van der Waals surface area contributed by atoms with Crippen molar-refractivity contribution in [3.8, 4) is 45.3 Å². The smallest absolute Gasteiger partial charge is 0.164 e. The monoisotopic (exact) mass is 827 g/mol. The SMILES string of the molecule is CC1C[C@H]2C[C@@H](C)CC(c3ccc(-c4nc(-c5ccc(-c6ccc7oc8ccccc8c8ccccc8c8ccccc8c7c6)cc5)nc(-c5cccc6ccccc56)n4)cc3)(C1)C2. The summed E-state index contributed by atoms with van der Waals surface area (Å²) in [5.74, 6) is 4.38. The van der Waals surface area contributed by atoms with E-state index in [1.54, 1.807) is 0 Å². The molecule has 4 atom stereocenters. The molecule has 310 valence electrons. The van der Waals surface area contributed by atoms with Crippen LogP contribution in [0.3, 0.4) is 0 Å². The van der Waals surface area contributed by atoms with Crippen molar-refractivity contribution in [2.75, 3.05) is 0 Å². The molecule has 0 radical (unpaired) electrons. The summed E-state index contributed by atoms with van der Waals surface area (Å²) < 4.78 is 6.81. The van der Waals surface area contributed by atoms with E-state index in [0.29, 0.717) is 17.5 Å². The summed E-state index contributed by atoms with van der Waals surface area (Å²) in [6, 6.07) is 65.0. The van der Waals surface area contributed by atoms with Gasteiger partial charge in [-0.1, -0.05) is 178 Å². The van der Waals surface area contributed by atoms with Crippen LogP contribution in [0, 0.1) is 17.8 Å². The molecule has 2 unspecified atom stereocenters. The molecule has 2 aromatic heterocycles. The van der Waals surface area contributed by atoms with Crippen LogP contribution in [0.1, 0.15) is 51.5 Å². The van der Waals surface area contributed by atoms with Crippen molar-refractivity contribution >= 4 is 54.3 Å². The fourth-order valence-electron chi connectivity index (χ4n) is 11.8. The molecule has 0 amide bonds. The lowest BCUT2D eigenvalue weighted by Gasteiger charge is -2.50. The largest absolute Gasteiger partial charge is 0.456 e. The summed E-state index contributed by atoms with van der Waals surface area (Å²) in [7, 11) is 0. The Bertz CT molecular complexity index is 3450. The Morgan fingerprint density at radius 1 is 0.406 bits per heavy atom. The third-order valence-electron chi connectivity index (χ3n) is 14.3. The van der Waals surface area contributed by atoms with Gasteiger partial charge in [0.15, 0.2) is 17.5 Å². The molecule has 64 heavy (non-hydrogen) atoms. The number of hydrogen-bond donors (Lipinski definition) is 0. The summed E-state index contributed by atoms with van der Waals surface area (Å²) in [6.45, 7) is 4.92. The van der Waals surface area contributed by atoms with E-state index in [1.807, 2.05) is 6.07 Å². The van der Waals surface area contributed by atoms with Crippen molar-refractivity contribution in [2.45, 2.75) is 51.4 Å². The summed E-state index contributed by atoms with van der Waals surface area (Å²) in [6.07, 6.45) is 6.61. The Kier molecular flexibility index (Phi) is 9.37. The van der Waals surface area contributed by atoms with Gasteiger partial charge in [0.2, 0.25) is 0 Å². The van der Waals surface area contributed by atoms with Crippen molar-refractivity contribution in [1.82, 2.24) is 15.0 Å². The van der Waals surface area contributed by atoms with Crippen molar-refractivity contribution in [3.05, 3.63) is 188 Å². The summed E-state index contributed by atoms with van der Waals surface area (Å²) in [5.41, 5.74) is 8.55. The minimum Gasteiger partial charge on any atom is -0.456 e. The molecular weight excluding hydrogens is 779 g/mol. The zero-order valence-corrected chi connectivity index (χ0v) is 36.3. The maximum Gasteiger partial charge on any atom is 0.164 e. The lowest BCUT2D eigenvalue weighted by atomic mass is 9.54. The van der Waals surface area contributed by atoms with Gasteiger partial charge in [-0.25, -0.2) is 15.0 Å². The maximum absolute atomic E-state index is 6.81. The highest BCUT2D eigenvalue weighted by Gasteiger charge is 2.45.